The summed E-state index contributed by atoms with van der Waals surface area (Å²) in [6, 6.07) is 10.8. The number of morpholine rings is 1. The number of thiophene rings is 1. The number of rotatable bonds is 4. The summed E-state index contributed by atoms with van der Waals surface area (Å²) in [6.07, 6.45) is -0.423. The fourth-order valence-corrected chi connectivity index (χ4v) is 4.81. The van der Waals surface area contributed by atoms with Crippen LogP contribution < -0.4 is 10.9 Å². The van der Waals surface area contributed by atoms with Gasteiger partial charge in [-0.15, -0.1) is 11.3 Å². The Labute approximate surface area is 177 Å². The van der Waals surface area contributed by atoms with Crippen molar-refractivity contribution in [3.63, 3.8) is 0 Å². The Morgan fingerprint density at radius 1 is 1.27 bits per heavy atom. The van der Waals surface area contributed by atoms with E-state index in [1.54, 1.807) is 24.9 Å². The first-order chi connectivity index (χ1) is 14.5. The molecular weight excluding hydrogens is 404 g/mol. The second kappa shape index (κ2) is 8.37. The van der Waals surface area contributed by atoms with Gasteiger partial charge in [-0.1, -0.05) is 18.2 Å². The third kappa shape index (κ3) is 3.86. The highest BCUT2D eigenvalue weighted by Gasteiger charge is 2.31. The lowest BCUT2D eigenvalue weighted by molar-refractivity contribution is -0.139. The Kier molecular flexibility index (Phi) is 5.65. The van der Waals surface area contributed by atoms with Gasteiger partial charge in [0.1, 0.15) is 12.6 Å². The number of ether oxygens (including phenoxy) is 1. The highest BCUT2D eigenvalue weighted by molar-refractivity contribution is 7.21. The summed E-state index contributed by atoms with van der Waals surface area (Å²) in [5, 5.41) is 7.78. The minimum absolute atomic E-state index is 0.125. The number of benzene rings is 1. The molecule has 0 spiro atoms. The third-order valence-electron chi connectivity index (χ3n) is 5.09. The molecule has 1 N–H and O–H groups in total. The molecule has 0 bridgehead atoms. The topological polar surface area (TPSA) is 93.5 Å². The molecule has 3 aromatic rings. The summed E-state index contributed by atoms with van der Waals surface area (Å²) in [5.41, 5.74) is 1.16. The zero-order chi connectivity index (χ0) is 21.3. The van der Waals surface area contributed by atoms with Gasteiger partial charge in [-0.25, -0.2) is 4.68 Å². The molecule has 0 radical (unpaired) electrons. The van der Waals surface area contributed by atoms with Crippen molar-refractivity contribution in [1.29, 1.82) is 0 Å². The largest absolute Gasteiger partial charge is 0.370 e. The van der Waals surface area contributed by atoms with Crippen LogP contribution in [0.25, 0.3) is 10.1 Å². The van der Waals surface area contributed by atoms with Gasteiger partial charge in [0.05, 0.1) is 23.7 Å². The first kappa shape index (κ1) is 20.2. The zero-order valence-corrected chi connectivity index (χ0v) is 17.6. The predicted octanol–water partition coefficient (Wildman–Crippen LogP) is 1.73. The van der Waals surface area contributed by atoms with Gasteiger partial charge in [-0.2, -0.15) is 5.10 Å². The van der Waals surface area contributed by atoms with Crippen LogP contribution in [-0.4, -0.2) is 53.2 Å². The Bertz CT molecular complexity index is 1170. The smallest absolute Gasteiger partial charge is 0.267 e. The van der Waals surface area contributed by atoms with Crippen LogP contribution in [0.5, 0.6) is 0 Å². The molecule has 1 aliphatic heterocycles. The van der Waals surface area contributed by atoms with E-state index in [0.29, 0.717) is 30.3 Å². The number of hydrogen-bond acceptors (Lipinski definition) is 6. The molecule has 1 fully saturated rings. The Balaban J connectivity index is 1.61. The maximum atomic E-state index is 12.9. The van der Waals surface area contributed by atoms with Crippen LogP contribution in [0, 0.1) is 6.92 Å². The Morgan fingerprint density at radius 3 is 2.87 bits per heavy atom. The van der Waals surface area contributed by atoms with Gasteiger partial charge in [0.25, 0.3) is 11.5 Å². The molecule has 1 atom stereocenters. The third-order valence-corrected chi connectivity index (χ3v) is 6.28. The number of aryl methyl sites for hydroxylation is 1. The average Bonchev–Trinajstić information content (AvgIpc) is 3.15. The van der Waals surface area contributed by atoms with Crippen LogP contribution >= 0.6 is 11.3 Å². The quantitative estimate of drug-likeness (QED) is 0.686. The summed E-state index contributed by atoms with van der Waals surface area (Å²) >= 11 is 1.42. The summed E-state index contributed by atoms with van der Waals surface area (Å²) in [6.45, 7) is 2.73. The van der Waals surface area contributed by atoms with Crippen molar-refractivity contribution in [1.82, 2.24) is 20.0 Å². The van der Waals surface area contributed by atoms with E-state index >= 15 is 0 Å². The van der Waals surface area contributed by atoms with E-state index in [2.05, 4.69) is 10.4 Å². The molecule has 0 saturated carbocycles. The maximum Gasteiger partial charge on any atom is 0.267 e. The van der Waals surface area contributed by atoms with E-state index in [9.17, 15) is 14.4 Å². The number of carbonyl (C=O) groups excluding carboxylic acids is 2. The van der Waals surface area contributed by atoms with Crippen molar-refractivity contribution >= 4 is 33.2 Å². The number of nitrogens with one attached hydrogen (secondary N) is 1. The van der Waals surface area contributed by atoms with Gasteiger partial charge in [-0.05, 0) is 24.4 Å². The summed E-state index contributed by atoms with van der Waals surface area (Å²) < 4.78 is 8.16. The zero-order valence-electron chi connectivity index (χ0n) is 16.8. The number of fused-ring (bicyclic) bond motifs is 1. The van der Waals surface area contributed by atoms with E-state index < -0.39 is 6.10 Å². The van der Waals surface area contributed by atoms with Crippen molar-refractivity contribution in [3.8, 4) is 0 Å². The Hall–Kier alpha value is -3.04. The number of aromatic nitrogens is 2. The van der Waals surface area contributed by atoms with Crippen molar-refractivity contribution in [2.45, 2.75) is 19.6 Å². The minimum Gasteiger partial charge on any atom is -0.370 e. The van der Waals surface area contributed by atoms with Gasteiger partial charge in [-0.3, -0.25) is 14.4 Å². The highest BCUT2D eigenvalue weighted by Crippen LogP contribution is 2.38. The molecule has 30 heavy (non-hydrogen) atoms. The van der Waals surface area contributed by atoms with Crippen LogP contribution in [0.1, 0.15) is 27.0 Å². The molecule has 0 unspecified atom stereocenters. The SMILES string of the molecule is CNC(=O)c1sc2ccccc2c1[C@H]1CN(C(=O)Cn2nc(C)ccc2=O)CCO1. The van der Waals surface area contributed by atoms with Crippen molar-refractivity contribution in [3.05, 3.63) is 62.9 Å². The lowest BCUT2D eigenvalue weighted by atomic mass is 10.0. The monoisotopic (exact) mass is 426 g/mol. The summed E-state index contributed by atoms with van der Waals surface area (Å²) in [7, 11) is 1.60. The average molecular weight is 426 g/mol. The normalized spacial score (nSPS) is 16.6. The van der Waals surface area contributed by atoms with E-state index in [1.165, 1.54) is 22.1 Å². The minimum atomic E-state index is -0.423. The van der Waals surface area contributed by atoms with Gasteiger partial charge in [0.15, 0.2) is 0 Å². The van der Waals surface area contributed by atoms with Crippen molar-refractivity contribution < 1.29 is 14.3 Å². The molecule has 1 saturated heterocycles. The molecule has 2 aromatic heterocycles. The molecule has 1 aromatic carbocycles. The van der Waals surface area contributed by atoms with Crippen LogP contribution in [0.3, 0.4) is 0 Å². The molecule has 1 aliphatic rings. The summed E-state index contributed by atoms with van der Waals surface area (Å²) in [4.78, 5) is 39.6. The maximum absolute atomic E-state index is 12.9. The highest BCUT2D eigenvalue weighted by atomic mass is 32.1. The van der Waals surface area contributed by atoms with Crippen molar-refractivity contribution in [2.24, 2.45) is 0 Å². The molecule has 4 rings (SSSR count). The van der Waals surface area contributed by atoms with Crippen LogP contribution in [0.4, 0.5) is 0 Å². The molecule has 2 amide bonds. The lowest BCUT2D eigenvalue weighted by Gasteiger charge is -2.33. The molecule has 9 heteroatoms. The van der Waals surface area contributed by atoms with Gasteiger partial charge in [0.2, 0.25) is 5.91 Å². The van der Waals surface area contributed by atoms with E-state index in [4.69, 9.17) is 4.74 Å². The van der Waals surface area contributed by atoms with Crippen LogP contribution in [-0.2, 0) is 16.1 Å². The predicted molar refractivity (Wildman–Crippen MR) is 114 cm³/mol. The second-order valence-corrected chi connectivity index (χ2v) is 8.14. The number of carbonyl (C=O) groups is 2. The van der Waals surface area contributed by atoms with Gasteiger partial charge < -0.3 is 15.0 Å². The van der Waals surface area contributed by atoms with E-state index in [0.717, 1.165) is 15.6 Å². The molecule has 8 nitrogen and oxygen atoms in total. The Morgan fingerprint density at radius 2 is 2.07 bits per heavy atom. The molecule has 3 heterocycles. The number of amides is 2. The number of nitrogens with zero attached hydrogens (tertiary/aromatic N) is 3. The molecular formula is C21H22N4O4S. The number of hydrogen-bond donors (Lipinski definition) is 1. The first-order valence-corrected chi connectivity index (χ1v) is 10.5. The first-order valence-electron chi connectivity index (χ1n) is 9.65. The van der Waals surface area contributed by atoms with Crippen molar-refractivity contribution in [2.75, 3.05) is 26.7 Å². The molecule has 156 valence electrons. The van der Waals surface area contributed by atoms with E-state index in [-0.39, 0.29) is 23.9 Å². The molecule has 0 aliphatic carbocycles. The lowest BCUT2D eigenvalue weighted by Crippen LogP contribution is -2.45. The van der Waals surface area contributed by atoms with Gasteiger partial charge in [0, 0.05) is 29.9 Å². The van der Waals surface area contributed by atoms with E-state index in [1.807, 2.05) is 24.3 Å². The van der Waals surface area contributed by atoms with Crippen LogP contribution in [0.15, 0.2) is 41.2 Å². The fraction of sp³-hybridized carbons (Fsp3) is 0.333. The second-order valence-electron chi connectivity index (χ2n) is 7.09. The summed E-state index contributed by atoms with van der Waals surface area (Å²) in [5.74, 6) is -0.377. The van der Waals surface area contributed by atoms with Gasteiger partial charge >= 0.3 is 0 Å². The fourth-order valence-electron chi connectivity index (χ4n) is 3.61. The standard InChI is InChI=1S/C21H22N4O4S/c1-13-7-8-17(26)25(23-13)12-18(27)24-9-10-29-15(11-24)19-14-5-3-4-6-16(14)30-20(19)21(28)22-2/h3-8,15H,9-12H2,1-2H3,(H,22,28)/t15-/m1/s1. The van der Waals surface area contributed by atoms with Crippen LogP contribution in [0.2, 0.25) is 0 Å².